The largest absolute Gasteiger partial charge is 0.353 e. The summed E-state index contributed by atoms with van der Waals surface area (Å²) in [5.74, 6) is -0.0371. The number of Topliss-reactive ketones (excluding diaryl/α,β-unsaturated/α-hetero) is 1. The van der Waals surface area contributed by atoms with Gasteiger partial charge in [0.25, 0.3) is 0 Å². The first-order valence-corrected chi connectivity index (χ1v) is 7.41. The van der Waals surface area contributed by atoms with Gasteiger partial charge in [0.1, 0.15) is 5.78 Å². The van der Waals surface area contributed by atoms with Crippen molar-refractivity contribution in [2.75, 3.05) is 12.7 Å². The molecule has 0 heterocycles. The highest BCUT2D eigenvalue weighted by Crippen LogP contribution is 2.08. The summed E-state index contributed by atoms with van der Waals surface area (Å²) in [5.41, 5.74) is 0. The number of carbonyl (C=O) groups excluding carboxylic acids is 2. The van der Waals surface area contributed by atoms with E-state index in [2.05, 4.69) is 11.9 Å². The summed E-state index contributed by atoms with van der Waals surface area (Å²) in [6.45, 7) is 4.08. The highest BCUT2D eigenvalue weighted by Gasteiger charge is 2.00. The molecule has 0 radical (unpaired) electrons. The number of nitrogens with one attached hydrogen (secondary N) is 1. The molecule has 1 amide bonds. The molecule has 0 rings (SSSR count). The summed E-state index contributed by atoms with van der Waals surface area (Å²) in [7, 11) is -0.0716. The van der Waals surface area contributed by atoms with Crippen LogP contribution in [0.25, 0.3) is 0 Å². The van der Waals surface area contributed by atoms with E-state index in [1.807, 2.05) is 0 Å². The zero-order valence-electron chi connectivity index (χ0n) is 10.8. The quantitative estimate of drug-likeness (QED) is 0.337. The maximum Gasteiger partial charge on any atom is 0.243 e. The molecule has 18 heavy (non-hydrogen) atoms. The minimum Gasteiger partial charge on any atom is -0.353 e. The van der Waals surface area contributed by atoms with Crippen molar-refractivity contribution in [3.8, 4) is 0 Å². The summed E-state index contributed by atoms with van der Waals surface area (Å²) in [4.78, 5) is 21.9. The molecular formula is C13H22NO3P. The van der Waals surface area contributed by atoms with Gasteiger partial charge in [-0.2, -0.15) is 0 Å². The zero-order chi connectivity index (χ0) is 13.6. The maximum absolute atomic E-state index is 11.1. The van der Waals surface area contributed by atoms with E-state index in [-0.39, 0.29) is 26.3 Å². The van der Waals surface area contributed by atoms with E-state index in [1.165, 1.54) is 6.08 Å². The molecular weight excluding hydrogens is 249 g/mol. The lowest BCUT2D eigenvalue weighted by atomic mass is 10.1. The van der Waals surface area contributed by atoms with Crippen LogP contribution in [0.4, 0.5) is 0 Å². The fraction of sp³-hybridized carbons (Fsp3) is 0.692. The number of unbranched alkanes of at least 4 members (excludes halogenated alkanes) is 5. The van der Waals surface area contributed by atoms with Crippen LogP contribution >= 0.6 is 8.46 Å². The first kappa shape index (κ1) is 17.0. The Morgan fingerprint density at radius 3 is 2.28 bits per heavy atom. The SMILES string of the molecule is C=CC(=O)NCCCCCCCCC(=O)CP=O. The molecule has 0 spiro atoms. The number of hydrogen-bond donors (Lipinski definition) is 1. The van der Waals surface area contributed by atoms with Gasteiger partial charge in [0, 0.05) is 13.0 Å². The van der Waals surface area contributed by atoms with Crippen LogP contribution in [0.5, 0.6) is 0 Å². The molecule has 0 bridgehead atoms. The van der Waals surface area contributed by atoms with Gasteiger partial charge in [0.05, 0.1) is 6.16 Å². The molecule has 0 aromatic rings. The lowest BCUT2D eigenvalue weighted by Crippen LogP contribution is -2.21. The van der Waals surface area contributed by atoms with Crippen LogP contribution in [0.3, 0.4) is 0 Å². The second-order valence-corrected chi connectivity index (χ2v) is 4.77. The first-order valence-electron chi connectivity index (χ1n) is 6.41. The highest BCUT2D eigenvalue weighted by molar-refractivity contribution is 7.25. The summed E-state index contributed by atoms with van der Waals surface area (Å²) >= 11 is 0. The molecule has 1 N–H and O–H groups in total. The smallest absolute Gasteiger partial charge is 0.243 e. The highest BCUT2D eigenvalue weighted by atomic mass is 31.1. The predicted molar refractivity (Wildman–Crippen MR) is 73.0 cm³/mol. The third kappa shape index (κ3) is 11.5. The fourth-order valence-electron chi connectivity index (χ4n) is 1.59. The number of amides is 1. The van der Waals surface area contributed by atoms with E-state index in [9.17, 15) is 14.2 Å². The summed E-state index contributed by atoms with van der Waals surface area (Å²) in [6, 6.07) is 0. The van der Waals surface area contributed by atoms with E-state index in [4.69, 9.17) is 0 Å². The van der Waals surface area contributed by atoms with Crippen LogP contribution in [0.15, 0.2) is 12.7 Å². The number of hydrogen-bond acceptors (Lipinski definition) is 3. The monoisotopic (exact) mass is 271 g/mol. The topological polar surface area (TPSA) is 63.2 Å². The van der Waals surface area contributed by atoms with Gasteiger partial charge in [0.15, 0.2) is 8.46 Å². The Balaban J connectivity index is 3.16. The third-order valence-corrected chi connectivity index (χ3v) is 3.09. The van der Waals surface area contributed by atoms with Gasteiger partial charge in [-0.25, -0.2) is 0 Å². The van der Waals surface area contributed by atoms with Crippen molar-refractivity contribution >= 4 is 20.2 Å². The van der Waals surface area contributed by atoms with Crippen LogP contribution in [0.1, 0.15) is 44.9 Å². The van der Waals surface area contributed by atoms with Crippen molar-refractivity contribution in [2.45, 2.75) is 44.9 Å². The van der Waals surface area contributed by atoms with Crippen LogP contribution in [0, 0.1) is 0 Å². The van der Waals surface area contributed by atoms with Gasteiger partial charge in [-0.05, 0) is 18.9 Å². The van der Waals surface area contributed by atoms with Crippen molar-refractivity contribution in [2.24, 2.45) is 0 Å². The molecule has 0 saturated heterocycles. The van der Waals surface area contributed by atoms with Crippen LogP contribution < -0.4 is 5.32 Å². The Morgan fingerprint density at radius 2 is 1.67 bits per heavy atom. The lowest BCUT2D eigenvalue weighted by Gasteiger charge is -2.02. The Kier molecular flexibility index (Phi) is 11.7. The van der Waals surface area contributed by atoms with Gasteiger partial charge in [-0.3, -0.25) is 14.2 Å². The molecule has 4 nitrogen and oxygen atoms in total. The maximum atomic E-state index is 11.1. The van der Waals surface area contributed by atoms with Gasteiger partial charge >= 0.3 is 0 Å². The molecule has 102 valence electrons. The molecule has 5 heteroatoms. The van der Waals surface area contributed by atoms with E-state index in [0.29, 0.717) is 13.0 Å². The Hall–Kier alpha value is -1.02. The minimum atomic E-state index is -0.119. The average molecular weight is 271 g/mol. The lowest BCUT2D eigenvalue weighted by molar-refractivity contribution is -0.117. The molecule has 0 fully saturated rings. The molecule has 0 aliphatic carbocycles. The van der Waals surface area contributed by atoms with Crippen LogP contribution in [-0.4, -0.2) is 24.4 Å². The second-order valence-electron chi connectivity index (χ2n) is 4.19. The summed E-state index contributed by atoms with van der Waals surface area (Å²) < 4.78 is 10.2. The van der Waals surface area contributed by atoms with Crippen molar-refractivity contribution in [3.05, 3.63) is 12.7 Å². The van der Waals surface area contributed by atoms with Crippen molar-refractivity contribution in [1.82, 2.24) is 5.32 Å². The van der Waals surface area contributed by atoms with E-state index in [0.717, 1.165) is 38.5 Å². The van der Waals surface area contributed by atoms with Gasteiger partial charge in [-0.1, -0.05) is 32.3 Å². The Bertz CT molecular complexity index is 279. The Labute approximate surface area is 110 Å². The van der Waals surface area contributed by atoms with Gasteiger partial charge in [0.2, 0.25) is 5.91 Å². The average Bonchev–Trinajstić information content (AvgIpc) is 2.36. The first-order chi connectivity index (χ1) is 8.70. The summed E-state index contributed by atoms with van der Waals surface area (Å²) in [6.07, 6.45) is 8.21. The molecule has 0 aliphatic heterocycles. The minimum absolute atomic E-state index is 0.0716. The molecule has 0 unspecified atom stereocenters. The zero-order valence-corrected chi connectivity index (χ0v) is 11.7. The normalized spacial score (nSPS) is 10.2. The number of rotatable bonds is 12. The number of carbonyl (C=O) groups is 2. The van der Waals surface area contributed by atoms with Crippen molar-refractivity contribution < 1.29 is 14.2 Å². The molecule has 0 aromatic carbocycles. The van der Waals surface area contributed by atoms with Crippen molar-refractivity contribution in [1.29, 1.82) is 0 Å². The molecule has 0 saturated carbocycles. The summed E-state index contributed by atoms with van der Waals surface area (Å²) in [5, 5.41) is 2.73. The van der Waals surface area contributed by atoms with Gasteiger partial charge < -0.3 is 5.32 Å². The molecule has 0 aromatic heterocycles. The molecule has 0 aliphatic rings. The third-order valence-electron chi connectivity index (χ3n) is 2.61. The molecule has 0 atom stereocenters. The van der Waals surface area contributed by atoms with Gasteiger partial charge in [-0.15, -0.1) is 0 Å². The van der Waals surface area contributed by atoms with E-state index < -0.39 is 0 Å². The number of ketones is 1. The van der Waals surface area contributed by atoms with E-state index >= 15 is 0 Å². The van der Waals surface area contributed by atoms with E-state index in [1.54, 1.807) is 0 Å². The standard InChI is InChI=1S/C13H22NO3P/c1-2-13(16)14-10-8-6-4-3-5-7-9-12(15)11-18-17/h2H,1,3-11H2,(H,14,16). The van der Waals surface area contributed by atoms with Crippen LogP contribution in [-0.2, 0) is 14.2 Å². The second kappa shape index (κ2) is 12.4. The van der Waals surface area contributed by atoms with Crippen LogP contribution in [0.2, 0.25) is 0 Å². The van der Waals surface area contributed by atoms with Crippen molar-refractivity contribution in [3.63, 3.8) is 0 Å². The Morgan fingerprint density at radius 1 is 1.06 bits per heavy atom. The fourth-order valence-corrected chi connectivity index (χ4v) is 1.89. The predicted octanol–water partition coefficient (Wildman–Crippen LogP) is 2.88.